The van der Waals surface area contributed by atoms with Gasteiger partial charge in [0.2, 0.25) is 0 Å². The largest absolute Gasteiger partial charge is 0.439 e. The second kappa shape index (κ2) is 11.2. The van der Waals surface area contributed by atoms with Crippen LogP contribution in [-0.4, -0.2) is 16.8 Å². The number of azide groups is 1. The molecule has 0 radical (unpaired) electrons. The molecule has 8 heteroatoms. The number of nitrogens with zero attached hydrogens (tertiary/aromatic N) is 4. The monoisotopic (exact) mass is 424 g/mol. The maximum atomic E-state index is 11.3. The molecule has 30 heavy (non-hydrogen) atoms. The van der Waals surface area contributed by atoms with Crippen LogP contribution in [0.4, 0.5) is 0 Å². The lowest BCUT2D eigenvalue weighted by molar-refractivity contribution is 0.177. The van der Waals surface area contributed by atoms with E-state index in [2.05, 4.69) is 34.7 Å². The summed E-state index contributed by atoms with van der Waals surface area (Å²) >= 11 is 0. The molecule has 0 aliphatic heterocycles. The summed E-state index contributed by atoms with van der Waals surface area (Å²) < 4.78 is 16.3. The number of para-hydroxylation sites is 1. The summed E-state index contributed by atoms with van der Waals surface area (Å²) in [5, 5.41) is 10.3. The van der Waals surface area contributed by atoms with Crippen LogP contribution in [0.2, 0.25) is 0 Å². The number of aryl methyl sites for hydroxylation is 1. The minimum absolute atomic E-state index is 0.431. The number of benzene rings is 2. The van der Waals surface area contributed by atoms with Crippen LogP contribution in [0.5, 0.6) is 5.75 Å². The molecular formula is C22H25N4O3P. The van der Waals surface area contributed by atoms with Gasteiger partial charge in [0.05, 0.1) is 6.10 Å². The summed E-state index contributed by atoms with van der Waals surface area (Å²) in [5.74, 6) is 0.431. The molecule has 0 saturated carbocycles. The van der Waals surface area contributed by atoms with Crippen molar-refractivity contribution in [2.75, 3.05) is 6.66 Å². The highest BCUT2D eigenvalue weighted by atomic mass is 31.2. The fourth-order valence-corrected chi connectivity index (χ4v) is 3.45. The molecule has 3 rings (SSSR count). The number of aliphatic hydroxyl groups excluding tert-OH is 1. The Morgan fingerprint density at radius 3 is 2.50 bits per heavy atom. The number of hydrogen-bond acceptors (Lipinski definition) is 4. The summed E-state index contributed by atoms with van der Waals surface area (Å²) in [6.07, 6.45) is 3.69. The van der Waals surface area contributed by atoms with Gasteiger partial charge >= 0.3 is 7.52 Å². The fourth-order valence-electron chi connectivity index (χ4n) is 2.75. The molecule has 7 nitrogen and oxygen atoms in total. The first-order valence-electron chi connectivity index (χ1n) is 9.34. The molecule has 3 aromatic rings. The Hall–Kier alpha value is -3.11. The highest BCUT2D eigenvalue weighted by molar-refractivity contribution is 7.56. The molecular weight excluding hydrogens is 399 g/mol. The van der Waals surface area contributed by atoms with Crippen molar-refractivity contribution in [3.63, 3.8) is 0 Å². The average molecular weight is 424 g/mol. The molecule has 2 atom stereocenters. The zero-order valence-electron chi connectivity index (χ0n) is 17.2. The lowest BCUT2D eigenvalue weighted by Crippen LogP contribution is -2.05. The Balaban J connectivity index is 0.000000222. The Morgan fingerprint density at radius 2 is 1.87 bits per heavy atom. The van der Waals surface area contributed by atoms with Gasteiger partial charge in [-0.25, -0.2) is 0 Å². The number of hydrogen-bond donors (Lipinski definition) is 1. The molecule has 156 valence electrons. The van der Waals surface area contributed by atoms with Crippen molar-refractivity contribution in [1.29, 1.82) is 0 Å². The molecule has 0 fully saturated rings. The summed E-state index contributed by atoms with van der Waals surface area (Å²) in [6.45, 7) is 5.38. The Kier molecular flexibility index (Phi) is 8.63. The van der Waals surface area contributed by atoms with Crippen LogP contribution >= 0.6 is 7.52 Å². The highest BCUT2D eigenvalue weighted by Crippen LogP contribution is 2.44. The van der Waals surface area contributed by atoms with Crippen LogP contribution in [0.25, 0.3) is 10.4 Å². The van der Waals surface area contributed by atoms with E-state index in [0.717, 1.165) is 11.1 Å². The quantitative estimate of drug-likeness (QED) is 0.221. The fraction of sp³-hybridized carbons (Fsp3) is 0.227. The minimum Gasteiger partial charge on any atom is -0.439 e. The van der Waals surface area contributed by atoms with E-state index in [9.17, 15) is 9.67 Å². The van der Waals surface area contributed by atoms with Gasteiger partial charge in [0, 0.05) is 35.3 Å². The first kappa shape index (κ1) is 23.2. The molecule has 0 spiro atoms. The van der Waals surface area contributed by atoms with Crippen LogP contribution < -0.4 is 4.52 Å². The first-order valence-corrected chi connectivity index (χ1v) is 11.4. The van der Waals surface area contributed by atoms with E-state index >= 15 is 0 Å². The van der Waals surface area contributed by atoms with E-state index < -0.39 is 13.6 Å². The molecule has 0 saturated heterocycles. The number of pyridine rings is 1. The maximum absolute atomic E-state index is 11.3. The Bertz CT molecular complexity index is 1040. The predicted molar refractivity (Wildman–Crippen MR) is 119 cm³/mol. The van der Waals surface area contributed by atoms with Gasteiger partial charge < -0.3 is 9.63 Å². The normalized spacial score (nSPS) is 13.1. The third-order valence-corrected chi connectivity index (χ3v) is 5.33. The van der Waals surface area contributed by atoms with E-state index in [1.165, 1.54) is 17.8 Å². The van der Waals surface area contributed by atoms with E-state index in [1.54, 1.807) is 42.7 Å². The highest BCUT2D eigenvalue weighted by Gasteiger charge is 2.14. The number of aliphatic hydroxyl groups is 1. The molecule has 0 aliphatic rings. The second-order valence-electron chi connectivity index (χ2n) is 6.76. The SMILES string of the molecule is CP(=O)(N=[N+]=[N-])Oc1ccccc1.Cc1cccc(C(O)Cc2cccnc2)c1C. The molecule has 0 aliphatic carbocycles. The number of aromatic nitrogens is 1. The Labute approximate surface area is 176 Å². The maximum Gasteiger partial charge on any atom is 0.332 e. The zero-order chi connectivity index (χ0) is 22.0. The van der Waals surface area contributed by atoms with Gasteiger partial charge in [0.15, 0.2) is 0 Å². The van der Waals surface area contributed by atoms with E-state index in [-0.39, 0.29) is 0 Å². The van der Waals surface area contributed by atoms with Gasteiger partial charge in [-0.2, -0.15) is 0 Å². The van der Waals surface area contributed by atoms with Gasteiger partial charge in [-0.3, -0.25) is 9.55 Å². The van der Waals surface area contributed by atoms with Crippen LogP contribution in [0.1, 0.15) is 28.4 Å². The number of rotatable bonds is 6. The van der Waals surface area contributed by atoms with Crippen molar-refractivity contribution >= 4 is 7.52 Å². The topological polar surface area (TPSA) is 108 Å². The van der Waals surface area contributed by atoms with E-state index in [4.69, 9.17) is 10.1 Å². The predicted octanol–water partition coefficient (Wildman–Crippen LogP) is 6.17. The van der Waals surface area contributed by atoms with Crippen LogP contribution in [0.15, 0.2) is 77.9 Å². The minimum atomic E-state index is -3.21. The summed E-state index contributed by atoms with van der Waals surface area (Å²) in [6, 6.07) is 18.5. The van der Waals surface area contributed by atoms with Crippen molar-refractivity contribution in [3.05, 3.63) is 106 Å². The summed E-state index contributed by atoms with van der Waals surface area (Å²) in [5.41, 5.74) is 12.5. The molecule has 2 aromatic carbocycles. The second-order valence-corrected chi connectivity index (χ2v) is 8.72. The molecule has 1 heterocycles. The third kappa shape index (κ3) is 7.37. The third-order valence-electron chi connectivity index (χ3n) is 4.38. The molecule has 1 N–H and O–H groups in total. The smallest absolute Gasteiger partial charge is 0.332 e. The molecule has 0 amide bonds. The summed E-state index contributed by atoms with van der Waals surface area (Å²) in [7, 11) is -3.21. The van der Waals surface area contributed by atoms with Crippen molar-refractivity contribution in [2.24, 2.45) is 4.88 Å². The first-order chi connectivity index (χ1) is 14.3. The Morgan fingerprint density at radius 1 is 1.13 bits per heavy atom. The molecule has 1 aromatic heterocycles. The van der Waals surface area contributed by atoms with Crippen LogP contribution in [-0.2, 0) is 11.0 Å². The van der Waals surface area contributed by atoms with Crippen LogP contribution in [0, 0.1) is 13.8 Å². The van der Waals surface area contributed by atoms with Gasteiger partial charge in [-0.05, 0) is 59.8 Å². The van der Waals surface area contributed by atoms with Gasteiger partial charge in [0.1, 0.15) is 5.75 Å². The zero-order valence-corrected chi connectivity index (χ0v) is 18.1. The van der Waals surface area contributed by atoms with Crippen molar-refractivity contribution in [3.8, 4) is 5.75 Å². The van der Waals surface area contributed by atoms with Gasteiger partial charge in [0.25, 0.3) is 0 Å². The molecule has 0 bridgehead atoms. The van der Waals surface area contributed by atoms with Crippen molar-refractivity contribution < 1.29 is 14.2 Å². The standard InChI is InChI=1S/C15H17NO.C7H8N3O2P/c1-11-5-3-7-14(12(11)2)15(17)9-13-6-4-8-16-10-13;1-13(11,10-9-8)12-7-5-3-2-4-6-7/h3-8,10,15,17H,9H2,1-2H3;2-6H,1H3. The van der Waals surface area contributed by atoms with E-state index in [0.29, 0.717) is 12.2 Å². The summed E-state index contributed by atoms with van der Waals surface area (Å²) in [4.78, 5) is 9.57. The van der Waals surface area contributed by atoms with Gasteiger partial charge in [-0.15, -0.1) is 0 Å². The lowest BCUT2D eigenvalue weighted by atomic mass is 9.96. The lowest BCUT2D eigenvalue weighted by Gasteiger charge is -2.15. The van der Waals surface area contributed by atoms with Crippen molar-refractivity contribution in [1.82, 2.24) is 4.98 Å². The average Bonchev–Trinajstić information content (AvgIpc) is 2.71. The van der Waals surface area contributed by atoms with E-state index in [1.807, 2.05) is 24.3 Å². The van der Waals surface area contributed by atoms with Gasteiger partial charge in [-0.1, -0.05) is 42.5 Å². The molecule has 2 unspecified atom stereocenters. The van der Waals surface area contributed by atoms with Crippen molar-refractivity contribution in [2.45, 2.75) is 26.4 Å². The van der Waals surface area contributed by atoms with Crippen LogP contribution in [0.3, 0.4) is 0 Å².